The molecule has 10 heteroatoms. The number of likely N-dealkylation sites (N-methyl/N-ethyl adjacent to an activating group) is 1. The third-order valence-electron chi connectivity index (χ3n) is 7.01. The van der Waals surface area contributed by atoms with Crippen molar-refractivity contribution in [3.8, 4) is 0 Å². The molecule has 2 fully saturated rings. The summed E-state index contributed by atoms with van der Waals surface area (Å²) in [6, 6.07) is 4.51. The minimum Gasteiger partial charge on any atom is -0.329 e. The van der Waals surface area contributed by atoms with Crippen LogP contribution in [-0.4, -0.2) is 50.7 Å². The Morgan fingerprint density at radius 3 is 2.88 bits per heavy atom. The molecule has 0 aromatic carbocycles. The van der Waals surface area contributed by atoms with Crippen LogP contribution in [0.2, 0.25) is 0 Å². The topological polar surface area (TPSA) is 103 Å². The number of carbonyl (C=O) groups is 1. The maximum absolute atomic E-state index is 13.4. The van der Waals surface area contributed by atoms with Crippen molar-refractivity contribution in [2.24, 2.45) is 0 Å². The lowest BCUT2D eigenvalue weighted by Crippen LogP contribution is -2.45. The van der Waals surface area contributed by atoms with Gasteiger partial charge in [0, 0.05) is 36.8 Å². The number of hydrogen-bond donors (Lipinski definition) is 2. The average Bonchev–Trinajstić information content (AvgIpc) is 3.23. The van der Waals surface area contributed by atoms with Crippen LogP contribution in [0.4, 0.5) is 27.7 Å². The Bertz CT molecular complexity index is 1220. The van der Waals surface area contributed by atoms with E-state index in [1.807, 2.05) is 4.90 Å². The fraction of sp³-hybridized carbons (Fsp3) is 0.458. The van der Waals surface area contributed by atoms with Gasteiger partial charge in [-0.1, -0.05) is 0 Å². The summed E-state index contributed by atoms with van der Waals surface area (Å²) in [5, 5.41) is 11.0. The third kappa shape index (κ3) is 3.86. The number of fused-ring (bicyclic) bond motifs is 1. The molecule has 3 aromatic heterocycles. The van der Waals surface area contributed by atoms with Crippen LogP contribution in [-0.2, 0) is 17.6 Å². The molecule has 0 unspecified atom stereocenters. The van der Waals surface area contributed by atoms with Gasteiger partial charge < -0.3 is 15.1 Å². The molecule has 6 rings (SSSR count). The Morgan fingerprint density at radius 2 is 2.09 bits per heavy atom. The maximum Gasteiger partial charge on any atom is 0.249 e. The van der Waals surface area contributed by atoms with E-state index in [0.717, 1.165) is 54.3 Å². The van der Waals surface area contributed by atoms with Gasteiger partial charge in [0.2, 0.25) is 17.8 Å². The second-order valence-corrected chi connectivity index (χ2v) is 9.35. The van der Waals surface area contributed by atoms with Crippen LogP contribution < -0.4 is 15.1 Å². The number of nitrogens with zero attached hydrogens (tertiary/aromatic N) is 6. The van der Waals surface area contributed by atoms with Crippen LogP contribution in [0.3, 0.4) is 0 Å². The van der Waals surface area contributed by atoms with Crippen LogP contribution in [0.25, 0.3) is 0 Å². The molecule has 1 saturated carbocycles. The monoisotopic (exact) mass is 462 g/mol. The summed E-state index contributed by atoms with van der Waals surface area (Å²) >= 11 is 0. The molecule has 2 aliphatic carbocycles. The Kier molecular flexibility index (Phi) is 5.15. The molecule has 2 N–H and O–H groups in total. The second-order valence-electron chi connectivity index (χ2n) is 9.35. The van der Waals surface area contributed by atoms with E-state index < -0.39 is 5.95 Å². The molecule has 0 spiro atoms. The number of carbonyl (C=O) groups excluding carboxylic acids is 1. The minimum atomic E-state index is -0.570. The summed E-state index contributed by atoms with van der Waals surface area (Å²) in [4.78, 5) is 30.3. The van der Waals surface area contributed by atoms with Crippen LogP contribution in [0.1, 0.15) is 55.0 Å². The van der Waals surface area contributed by atoms with Gasteiger partial charge in [0.15, 0.2) is 5.82 Å². The zero-order chi connectivity index (χ0) is 23.2. The number of halogens is 1. The van der Waals surface area contributed by atoms with Crippen molar-refractivity contribution in [2.45, 2.75) is 56.9 Å². The summed E-state index contributed by atoms with van der Waals surface area (Å²) in [5.41, 5.74) is 3.90. The molecular weight excluding hydrogens is 435 g/mol. The summed E-state index contributed by atoms with van der Waals surface area (Å²) in [5.74, 6) is 2.06. The van der Waals surface area contributed by atoms with Crippen LogP contribution in [0.5, 0.6) is 0 Å². The zero-order valence-electron chi connectivity index (χ0n) is 19.1. The number of pyridine rings is 1. The van der Waals surface area contributed by atoms with E-state index in [1.165, 1.54) is 30.0 Å². The molecule has 1 atom stereocenters. The average molecular weight is 463 g/mol. The highest BCUT2D eigenvalue weighted by atomic mass is 19.1. The molecular formula is C24H27FN8O. The van der Waals surface area contributed by atoms with Crippen molar-refractivity contribution < 1.29 is 9.18 Å². The molecule has 34 heavy (non-hydrogen) atoms. The number of aryl methyl sites for hydroxylation is 1. The molecule has 0 radical (unpaired) electrons. The number of hydrogen-bond acceptors (Lipinski definition) is 7. The highest BCUT2D eigenvalue weighted by Crippen LogP contribution is 2.40. The van der Waals surface area contributed by atoms with Gasteiger partial charge in [-0.2, -0.15) is 14.5 Å². The second kappa shape index (κ2) is 8.34. The summed E-state index contributed by atoms with van der Waals surface area (Å²) in [6.45, 7) is 0.707. The van der Waals surface area contributed by atoms with Gasteiger partial charge in [-0.3, -0.25) is 9.89 Å². The van der Waals surface area contributed by atoms with Crippen molar-refractivity contribution in [3.63, 3.8) is 0 Å². The van der Waals surface area contributed by atoms with E-state index in [9.17, 15) is 9.18 Å². The molecule has 0 bridgehead atoms. The Morgan fingerprint density at radius 1 is 1.21 bits per heavy atom. The van der Waals surface area contributed by atoms with Crippen molar-refractivity contribution in [1.29, 1.82) is 0 Å². The molecule has 3 aliphatic rings. The van der Waals surface area contributed by atoms with E-state index >= 15 is 0 Å². The first-order valence-corrected chi connectivity index (χ1v) is 11.9. The number of amides is 1. The Hall–Kier alpha value is -3.56. The highest BCUT2D eigenvalue weighted by Gasteiger charge is 2.36. The van der Waals surface area contributed by atoms with E-state index in [4.69, 9.17) is 9.97 Å². The van der Waals surface area contributed by atoms with Crippen molar-refractivity contribution >= 4 is 29.2 Å². The summed E-state index contributed by atoms with van der Waals surface area (Å²) in [6.07, 6.45) is 8.26. The molecule has 4 heterocycles. The fourth-order valence-electron chi connectivity index (χ4n) is 4.96. The van der Waals surface area contributed by atoms with Gasteiger partial charge in [-0.05, 0) is 57.1 Å². The molecule has 9 nitrogen and oxygen atoms in total. The standard InChI is InChI=1S/C24H27FN8O/c1-32(15-9-10-20(25)26-13-15)23(34)19-6-3-11-33(19)24-27-17-5-2-4-16(17)22(29-24)28-21-12-18(30-31-21)14-7-8-14/h9-10,12-14,19H,2-8,11H2,1H3,(H2,27,28,29,30,31)/t19-/m1/s1. The van der Waals surface area contributed by atoms with Gasteiger partial charge in [-0.15, -0.1) is 0 Å². The van der Waals surface area contributed by atoms with Crippen LogP contribution in [0.15, 0.2) is 24.4 Å². The van der Waals surface area contributed by atoms with E-state index in [0.29, 0.717) is 30.5 Å². The largest absolute Gasteiger partial charge is 0.329 e. The quantitative estimate of drug-likeness (QED) is 0.541. The summed E-state index contributed by atoms with van der Waals surface area (Å²) in [7, 11) is 1.69. The van der Waals surface area contributed by atoms with Gasteiger partial charge in [0.1, 0.15) is 11.9 Å². The van der Waals surface area contributed by atoms with Gasteiger partial charge in [0.05, 0.1) is 17.6 Å². The number of aromatic nitrogens is 5. The number of aromatic amines is 1. The normalized spacial score (nSPS) is 19.4. The Balaban J connectivity index is 1.27. The zero-order valence-corrected chi connectivity index (χ0v) is 19.1. The first kappa shape index (κ1) is 21.0. The third-order valence-corrected chi connectivity index (χ3v) is 7.01. The molecule has 1 aliphatic heterocycles. The maximum atomic E-state index is 13.4. The number of rotatable bonds is 6. The SMILES string of the molecule is CN(C(=O)[C@H]1CCCN1c1nc2c(c(Nc3cc(C4CC4)[nH]n3)n1)CCC2)c1ccc(F)nc1. The lowest BCUT2D eigenvalue weighted by molar-refractivity contribution is -0.119. The first-order valence-electron chi connectivity index (χ1n) is 11.9. The van der Waals surface area contributed by atoms with Crippen molar-refractivity contribution in [1.82, 2.24) is 25.1 Å². The number of nitrogens with one attached hydrogen (secondary N) is 2. The van der Waals surface area contributed by atoms with Gasteiger partial charge in [-0.25, -0.2) is 9.97 Å². The van der Waals surface area contributed by atoms with Crippen molar-refractivity contribution in [2.75, 3.05) is 28.7 Å². The van der Waals surface area contributed by atoms with Crippen LogP contribution >= 0.6 is 0 Å². The van der Waals surface area contributed by atoms with E-state index in [-0.39, 0.29) is 11.9 Å². The van der Waals surface area contributed by atoms with Crippen molar-refractivity contribution in [3.05, 3.63) is 47.3 Å². The first-order chi connectivity index (χ1) is 16.6. The van der Waals surface area contributed by atoms with Gasteiger partial charge >= 0.3 is 0 Å². The smallest absolute Gasteiger partial charge is 0.249 e. The van der Waals surface area contributed by atoms with Crippen LogP contribution in [0, 0.1) is 5.95 Å². The molecule has 1 amide bonds. The highest BCUT2D eigenvalue weighted by molar-refractivity contribution is 5.98. The fourth-order valence-corrected chi connectivity index (χ4v) is 4.96. The predicted molar refractivity (Wildman–Crippen MR) is 126 cm³/mol. The number of anilines is 4. The predicted octanol–water partition coefficient (Wildman–Crippen LogP) is 3.48. The summed E-state index contributed by atoms with van der Waals surface area (Å²) < 4.78 is 13.2. The molecule has 1 saturated heterocycles. The van der Waals surface area contributed by atoms with Gasteiger partial charge in [0.25, 0.3) is 0 Å². The molecule has 3 aromatic rings. The van der Waals surface area contributed by atoms with E-state index in [1.54, 1.807) is 13.1 Å². The lowest BCUT2D eigenvalue weighted by atomic mass is 10.2. The Labute approximate surface area is 196 Å². The number of H-pyrrole nitrogens is 1. The minimum absolute atomic E-state index is 0.0779. The molecule has 176 valence electrons. The lowest BCUT2D eigenvalue weighted by Gasteiger charge is -2.28. The van der Waals surface area contributed by atoms with E-state index in [2.05, 4.69) is 26.6 Å².